The summed E-state index contributed by atoms with van der Waals surface area (Å²) < 4.78 is 18.4. The van der Waals surface area contributed by atoms with E-state index >= 15 is 0 Å². The number of hydrogen-bond donors (Lipinski definition) is 1. The first-order valence-electron chi connectivity index (χ1n) is 14.7. The summed E-state index contributed by atoms with van der Waals surface area (Å²) in [5.41, 5.74) is 0.285. The molecule has 1 aliphatic carbocycles. The molecule has 1 aromatic carbocycles. The van der Waals surface area contributed by atoms with E-state index in [-0.39, 0.29) is 35.8 Å². The van der Waals surface area contributed by atoms with Crippen LogP contribution in [0.15, 0.2) is 30.3 Å². The predicted molar refractivity (Wildman–Crippen MR) is 145 cm³/mol. The summed E-state index contributed by atoms with van der Waals surface area (Å²) in [7, 11) is 0. The van der Waals surface area contributed by atoms with E-state index in [2.05, 4.69) is 24.0 Å². The van der Waals surface area contributed by atoms with Crippen molar-refractivity contribution in [2.45, 2.75) is 140 Å². The lowest BCUT2D eigenvalue weighted by molar-refractivity contribution is -0.0452. The molecule has 1 spiro atoms. The minimum absolute atomic E-state index is 0.0182. The second kappa shape index (κ2) is 12.5. The number of likely N-dealkylation sites (tertiary alicyclic amines) is 1. The highest BCUT2D eigenvalue weighted by atomic mass is 16.6. The van der Waals surface area contributed by atoms with Gasteiger partial charge in [0, 0.05) is 5.92 Å². The summed E-state index contributed by atoms with van der Waals surface area (Å²) in [6.45, 7) is 9.04. The largest absolute Gasteiger partial charge is 0.444 e. The number of carbonyl (C=O) groups excluding carboxylic acids is 1. The minimum atomic E-state index is -0.562. The van der Waals surface area contributed by atoms with E-state index < -0.39 is 11.7 Å². The Hall–Kier alpha value is -1.63. The number of unbranched alkanes of at least 4 members (excludes halogenated alkanes) is 3. The quantitative estimate of drug-likeness (QED) is 0.264. The van der Waals surface area contributed by atoms with Crippen molar-refractivity contribution >= 4 is 6.09 Å². The normalized spacial score (nSPS) is 30.5. The third-order valence-corrected chi connectivity index (χ3v) is 8.52. The lowest BCUT2D eigenvalue weighted by Gasteiger charge is -2.48. The Bertz CT molecular complexity index is 855. The van der Waals surface area contributed by atoms with Gasteiger partial charge in [-0.1, -0.05) is 75.8 Å². The Morgan fingerprint density at radius 3 is 2.65 bits per heavy atom. The zero-order valence-corrected chi connectivity index (χ0v) is 23.5. The van der Waals surface area contributed by atoms with Crippen molar-refractivity contribution in [2.24, 2.45) is 5.92 Å². The summed E-state index contributed by atoms with van der Waals surface area (Å²) in [4.78, 5) is 15.8. The van der Waals surface area contributed by atoms with Gasteiger partial charge in [-0.25, -0.2) is 4.79 Å². The molecular formula is C31H49NO5. The molecule has 2 saturated heterocycles. The Labute approximate surface area is 224 Å². The molecule has 1 saturated carbocycles. The summed E-state index contributed by atoms with van der Waals surface area (Å²) >= 11 is 0. The predicted octanol–water partition coefficient (Wildman–Crippen LogP) is 6.63. The molecule has 0 radical (unpaired) electrons. The van der Waals surface area contributed by atoms with Crippen LogP contribution in [0.5, 0.6) is 0 Å². The molecular weight excluding hydrogens is 466 g/mol. The van der Waals surface area contributed by atoms with Gasteiger partial charge in [0.15, 0.2) is 0 Å². The smallest absolute Gasteiger partial charge is 0.411 e. The van der Waals surface area contributed by atoms with Gasteiger partial charge in [-0.2, -0.15) is 0 Å². The van der Waals surface area contributed by atoms with E-state index in [1.165, 1.54) is 12.8 Å². The van der Waals surface area contributed by atoms with Crippen molar-refractivity contribution in [1.29, 1.82) is 0 Å². The highest BCUT2D eigenvalue weighted by Gasteiger charge is 2.62. The Morgan fingerprint density at radius 2 is 1.92 bits per heavy atom. The van der Waals surface area contributed by atoms with Crippen LogP contribution < -0.4 is 0 Å². The molecule has 6 heteroatoms. The molecule has 208 valence electrons. The zero-order valence-electron chi connectivity index (χ0n) is 23.5. The molecule has 2 heterocycles. The van der Waals surface area contributed by atoms with E-state index in [0.29, 0.717) is 13.2 Å². The van der Waals surface area contributed by atoms with Crippen LogP contribution in [0.4, 0.5) is 4.79 Å². The van der Waals surface area contributed by atoms with Gasteiger partial charge in [-0.3, -0.25) is 4.90 Å². The summed E-state index contributed by atoms with van der Waals surface area (Å²) in [5.74, 6) is 0.225. The van der Waals surface area contributed by atoms with Crippen molar-refractivity contribution in [3.05, 3.63) is 35.9 Å². The number of aliphatic hydroxyl groups is 1. The number of epoxide rings is 1. The molecule has 1 N–H and O–H groups in total. The van der Waals surface area contributed by atoms with Gasteiger partial charge >= 0.3 is 6.09 Å². The fourth-order valence-electron chi connectivity index (χ4n) is 6.76. The third kappa shape index (κ3) is 7.07. The SMILES string of the molecule is CCCCCC[C@H](O)[C@H]1O[C@@H]1[C@H]1CCCCC12CC[C@@H](COCc1ccccc1)N2C(=O)OC(C)(C)C. The van der Waals surface area contributed by atoms with Gasteiger partial charge in [0.1, 0.15) is 11.7 Å². The van der Waals surface area contributed by atoms with Crippen molar-refractivity contribution < 1.29 is 24.1 Å². The van der Waals surface area contributed by atoms with Crippen molar-refractivity contribution in [1.82, 2.24) is 4.90 Å². The Balaban J connectivity index is 1.47. The number of aliphatic hydroxyl groups excluding tert-OH is 1. The molecule has 2 aliphatic heterocycles. The maximum absolute atomic E-state index is 13.7. The molecule has 0 bridgehead atoms. The number of amides is 1. The summed E-state index contributed by atoms with van der Waals surface area (Å²) in [6.07, 6.45) is 10.8. The monoisotopic (exact) mass is 515 g/mol. The maximum atomic E-state index is 13.7. The van der Waals surface area contributed by atoms with Crippen LogP contribution in [0.1, 0.15) is 104 Å². The molecule has 1 amide bonds. The minimum Gasteiger partial charge on any atom is -0.444 e. The van der Waals surface area contributed by atoms with Crippen LogP contribution in [0.2, 0.25) is 0 Å². The third-order valence-electron chi connectivity index (χ3n) is 8.52. The molecule has 6 nitrogen and oxygen atoms in total. The standard InChI is InChI=1S/C31H49NO5/c1-5-6-7-11-17-26(33)28-27(36-28)25-16-12-13-19-31(25)20-18-24(32(31)29(34)37-30(2,3)4)22-35-21-23-14-9-8-10-15-23/h8-10,14-15,24-28,33H,5-7,11-13,16-22H2,1-4H3/t24-,25+,26-,27+,28+,31?/m0/s1. The number of nitrogens with zero attached hydrogens (tertiary/aromatic N) is 1. The van der Waals surface area contributed by atoms with E-state index in [1.54, 1.807) is 0 Å². The Morgan fingerprint density at radius 1 is 1.14 bits per heavy atom. The van der Waals surface area contributed by atoms with Crippen LogP contribution in [0.25, 0.3) is 0 Å². The lowest BCUT2D eigenvalue weighted by Crippen LogP contribution is -2.59. The van der Waals surface area contributed by atoms with Gasteiger partial charge in [-0.05, 0) is 58.4 Å². The number of rotatable bonds is 11. The van der Waals surface area contributed by atoms with E-state index in [9.17, 15) is 9.90 Å². The number of ether oxygens (including phenoxy) is 3. The average Bonchev–Trinajstić information content (AvgIpc) is 3.58. The topological polar surface area (TPSA) is 71.5 Å². The van der Waals surface area contributed by atoms with Gasteiger partial charge in [0.25, 0.3) is 0 Å². The zero-order chi connectivity index (χ0) is 26.5. The van der Waals surface area contributed by atoms with E-state index in [0.717, 1.165) is 63.4 Å². The highest BCUT2D eigenvalue weighted by Crippen LogP contribution is 2.54. The van der Waals surface area contributed by atoms with Gasteiger partial charge in [0.2, 0.25) is 0 Å². The second-order valence-corrected chi connectivity index (χ2v) is 12.5. The molecule has 4 rings (SSSR count). The number of carbonyl (C=O) groups is 1. The van der Waals surface area contributed by atoms with Crippen LogP contribution in [-0.4, -0.2) is 58.2 Å². The Kier molecular flexibility index (Phi) is 9.58. The first-order chi connectivity index (χ1) is 17.7. The first kappa shape index (κ1) is 28.4. The van der Waals surface area contributed by atoms with Crippen molar-refractivity contribution in [3.8, 4) is 0 Å². The molecule has 6 atom stereocenters. The van der Waals surface area contributed by atoms with Crippen LogP contribution in [-0.2, 0) is 20.8 Å². The molecule has 3 aliphatic rings. The fourth-order valence-corrected chi connectivity index (χ4v) is 6.76. The maximum Gasteiger partial charge on any atom is 0.411 e. The van der Waals surface area contributed by atoms with E-state index in [1.807, 2.05) is 39.0 Å². The fraction of sp³-hybridized carbons (Fsp3) is 0.774. The number of benzene rings is 1. The lowest BCUT2D eigenvalue weighted by atomic mass is 9.69. The molecule has 37 heavy (non-hydrogen) atoms. The van der Waals surface area contributed by atoms with Crippen molar-refractivity contribution in [3.63, 3.8) is 0 Å². The summed E-state index contributed by atoms with van der Waals surface area (Å²) in [5, 5.41) is 10.9. The average molecular weight is 516 g/mol. The van der Waals surface area contributed by atoms with E-state index in [4.69, 9.17) is 14.2 Å². The molecule has 3 fully saturated rings. The van der Waals surface area contributed by atoms with Gasteiger partial charge in [0.05, 0.1) is 37.0 Å². The first-order valence-corrected chi connectivity index (χ1v) is 14.7. The van der Waals surface area contributed by atoms with Crippen LogP contribution >= 0.6 is 0 Å². The van der Waals surface area contributed by atoms with Crippen LogP contribution in [0.3, 0.4) is 0 Å². The second-order valence-electron chi connectivity index (χ2n) is 12.5. The highest BCUT2D eigenvalue weighted by molar-refractivity contribution is 5.70. The molecule has 0 aromatic heterocycles. The van der Waals surface area contributed by atoms with Gasteiger partial charge in [-0.15, -0.1) is 0 Å². The molecule has 1 unspecified atom stereocenters. The van der Waals surface area contributed by atoms with Gasteiger partial charge < -0.3 is 19.3 Å². The number of hydrogen-bond acceptors (Lipinski definition) is 5. The van der Waals surface area contributed by atoms with Crippen LogP contribution in [0, 0.1) is 5.92 Å². The summed E-state index contributed by atoms with van der Waals surface area (Å²) in [6, 6.07) is 10.2. The molecule has 1 aromatic rings. The van der Waals surface area contributed by atoms with Crippen molar-refractivity contribution in [2.75, 3.05) is 6.61 Å².